The Labute approximate surface area is 227 Å². The lowest BCUT2D eigenvalue weighted by molar-refractivity contribution is -0.139. The third-order valence-electron chi connectivity index (χ3n) is 3.39. The Morgan fingerprint density at radius 1 is 1.20 bits per heavy atom. The number of halogens is 2. The fourth-order valence-corrected chi connectivity index (χ4v) is 9.38. The van der Waals surface area contributed by atoms with Crippen LogP contribution in [0.2, 0.25) is 10.0 Å². The molecule has 1 aromatic carbocycles. The second kappa shape index (κ2) is 19.2. The van der Waals surface area contributed by atoms with E-state index in [0.29, 0.717) is 23.3 Å². The molecule has 0 aliphatic heterocycles. The Balaban J connectivity index is 0.000000596. The summed E-state index contributed by atoms with van der Waals surface area (Å²) in [5, 5.41) is 26.7. The van der Waals surface area contributed by atoms with Crippen molar-refractivity contribution in [2.24, 2.45) is 5.73 Å². The van der Waals surface area contributed by atoms with Crippen LogP contribution in [0.5, 0.6) is 5.95 Å². The van der Waals surface area contributed by atoms with Crippen LogP contribution in [0.25, 0.3) is 0 Å². The minimum Gasteiger partial charge on any atom is -0.481 e. The molecule has 0 saturated heterocycles. The molecule has 5 N–H and O–H groups in total. The Morgan fingerprint density at radius 3 is 2.26 bits per heavy atom. The normalized spacial score (nSPS) is 11.5. The minimum absolute atomic E-state index is 0.0231. The predicted molar refractivity (Wildman–Crippen MR) is 145 cm³/mol. The molecule has 2 aromatic rings. The maximum atomic E-state index is 9.99. The second-order valence-corrected chi connectivity index (χ2v) is 14.6. The summed E-state index contributed by atoms with van der Waals surface area (Å²) in [5.74, 6) is -2.23. The highest BCUT2D eigenvalue weighted by molar-refractivity contribution is 8.69. The fourth-order valence-electron chi connectivity index (χ4n) is 1.84. The molecule has 0 spiro atoms. The molecule has 1 heterocycles. The van der Waals surface area contributed by atoms with Crippen molar-refractivity contribution in [2.75, 3.05) is 18.3 Å². The van der Waals surface area contributed by atoms with Crippen molar-refractivity contribution in [2.45, 2.75) is 37.6 Å². The molecule has 1 unspecified atom stereocenters. The van der Waals surface area contributed by atoms with Crippen LogP contribution in [0.4, 0.5) is 0 Å². The quantitative estimate of drug-likeness (QED) is 0.121. The van der Waals surface area contributed by atoms with Crippen molar-refractivity contribution in [1.82, 2.24) is 0 Å². The largest absolute Gasteiger partial charge is 0.481 e. The van der Waals surface area contributed by atoms with Crippen LogP contribution in [-0.4, -0.2) is 51.6 Å². The SMILES string of the molecule is CCOP(=S)(OCC)SCSc1cc(Cl)ccc1Cl.NC(CCC(=O)O)C(=O)O.Oc1ccco1. The van der Waals surface area contributed by atoms with Gasteiger partial charge in [0.2, 0.25) is 5.69 Å². The van der Waals surface area contributed by atoms with Gasteiger partial charge in [-0.15, -0.1) is 11.8 Å². The summed E-state index contributed by atoms with van der Waals surface area (Å²) in [6.45, 7) is 4.96. The molecule has 0 fully saturated rings. The smallest absolute Gasteiger partial charge is 0.320 e. The number of aliphatic carboxylic acids is 2. The van der Waals surface area contributed by atoms with E-state index in [9.17, 15) is 9.59 Å². The van der Waals surface area contributed by atoms with E-state index in [-0.39, 0.29) is 18.8 Å². The number of carbonyl (C=O) groups is 2. The molecule has 2 rings (SSSR count). The van der Waals surface area contributed by atoms with Gasteiger partial charge < -0.3 is 34.5 Å². The molecule has 1 atom stereocenters. The molecule has 0 aliphatic carbocycles. The van der Waals surface area contributed by atoms with E-state index < -0.39 is 23.7 Å². The van der Waals surface area contributed by atoms with E-state index in [1.165, 1.54) is 23.7 Å². The van der Waals surface area contributed by atoms with Crippen molar-refractivity contribution >= 4 is 75.8 Å². The summed E-state index contributed by atoms with van der Waals surface area (Å²) >= 11 is 20.6. The number of carboxylic acids is 2. The van der Waals surface area contributed by atoms with Crippen molar-refractivity contribution in [3.8, 4) is 5.95 Å². The van der Waals surface area contributed by atoms with Crippen molar-refractivity contribution in [1.29, 1.82) is 0 Å². The van der Waals surface area contributed by atoms with Crippen LogP contribution in [0, 0.1) is 0 Å². The zero-order chi connectivity index (χ0) is 26.9. The number of aromatic hydroxyl groups is 1. The van der Waals surface area contributed by atoms with E-state index >= 15 is 0 Å². The summed E-state index contributed by atoms with van der Waals surface area (Å²) in [4.78, 5) is 20.8. The van der Waals surface area contributed by atoms with E-state index in [4.69, 9.17) is 65.1 Å². The van der Waals surface area contributed by atoms with E-state index in [0.717, 1.165) is 9.98 Å². The maximum absolute atomic E-state index is 9.99. The van der Waals surface area contributed by atoms with Gasteiger partial charge in [0.15, 0.2) is 0 Å². The Kier molecular flexibility index (Phi) is 18.7. The van der Waals surface area contributed by atoms with Gasteiger partial charge in [-0.05, 0) is 56.3 Å². The van der Waals surface area contributed by atoms with Gasteiger partial charge in [-0.2, -0.15) is 0 Å². The Bertz CT molecular complexity index is 927. The first-order chi connectivity index (χ1) is 16.4. The van der Waals surface area contributed by atoms with Crippen LogP contribution in [0.1, 0.15) is 26.7 Å². The summed E-state index contributed by atoms with van der Waals surface area (Å²) in [5.41, 5.74) is 2.77. The third kappa shape index (κ3) is 17.2. The number of carboxylic acid groups (broad SMARTS) is 2. The van der Waals surface area contributed by atoms with E-state index in [1.54, 1.807) is 30.0 Å². The highest BCUT2D eigenvalue weighted by atomic mass is 35.5. The van der Waals surface area contributed by atoms with Gasteiger partial charge in [0.05, 0.1) is 29.6 Å². The predicted octanol–water partition coefficient (Wildman–Crippen LogP) is 6.32. The zero-order valence-electron chi connectivity index (χ0n) is 19.0. The zero-order valence-corrected chi connectivity index (χ0v) is 23.8. The van der Waals surface area contributed by atoms with Gasteiger partial charge in [0, 0.05) is 22.4 Å². The molecule has 198 valence electrons. The number of nitrogens with two attached hydrogens (primary N) is 1. The molecular formula is C20H28Cl2NO8PS3. The summed E-state index contributed by atoms with van der Waals surface area (Å²) in [6.07, 6.45) is 1.19. The molecular weight excluding hydrogens is 580 g/mol. The third-order valence-corrected chi connectivity index (χ3v) is 11.2. The Hall–Kier alpha value is -0.950. The number of benzene rings is 1. The first-order valence-corrected chi connectivity index (χ1v) is 15.9. The topological polar surface area (TPSA) is 152 Å². The summed E-state index contributed by atoms with van der Waals surface area (Å²) < 4.78 is 15.5. The molecule has 0 aliphatic rings. The van der Waals surface area contributed by atoms with Crippen molar-refractivity contribution in [3.63, 3.8) is 0 Å². The van der Waals surface area contributed by atoms with Gasteiger partial charge >= 0.3 is 11.9 Å². The van der Waals surface area contributed by atoms with Gasteiger partial charge in [-0.25, -0.2) is 0 Å². The van der Waals surface area contributed by atoms with Crippen LogP contribution in [-0.2, 0) is 30.4 Å². The van der Waals surface area contributed by atoms with Gasteiger partial charge in [0.25, 0.3) is 5.95 Å². The molecule has 0 bridgehead atoms. The lowest BCUT2D eigenvalue weighted by Crippen LogP contribution is -2.30. The van der Waals surface area contributed by atoms with Gasteiger partial charge in [0.1, 0.15) is 6.04 Å². The lowest BCUT2D eigenvalue weighted by atomic mass is 10.2. The molecule has 9 nitrogen and oxygen atoms in total. The average molecular weight is 609 g/mol. The number of hydrogen-bond donors (Lipinski definition) is 4. The second-order valence-electron chi connectivity index (χ2n) is 6.08. The first-order valence-electron chi connectivity index (χ1n) is 9.98. The summed E-state index contributed by atoms with van der Waals surface area (Å²) in [6, 6.07) is 7.44. The minimum atomic E-state index is -2.23. The number of hydrogen-bond acceptors (Lipinski definition) is 10. The van der Waals surface area contributed by atoms with Crippen LogP contribution < -0.4 is 5.73 Å². The van der Waals surface area contributed by atoms with Crippen molar-refractivity contribution in [3.05, 3.63) is 46.6 Å². The monoisotopic (exact) mass is 607 g/mol. The molecule has 35 heavy (non-hydrogen) atoms. The Morgan fingerprint density at radius 2 is 1.83 bits per heavy atom. The number of rotatable bonds is 12. The molecule has 0 saturated carbocycles. The summed E-state index contributed by atoms with van der Waals surface area (Å²) in [7, 11) is 0. The van der Waals surface area contributed by atoms with E-state index in [2.05, 4.69) is 4.42 Å². The van der Waals surface area contributed by atoms with Crippen molar-refractivity contribution < 1.29 is 38.4 Å². The van der Waals surface area contributed by atoms with Gasteiger partial charge in [-0.3, -0.25) is 9.59 Å². The number of thioether (sulfide) groups is 1. The molecule has 0 amide bonds. The molecule has 0 radical (unpaired) electrons. The molecule has 1 aromatic heterocycles. The fraction of sp³-hybridized carbons (Fsp3) is 0.400. The highest BCUT2D eigenvalue weighted by Crippen LogP contribution is 2.62. The standard InChI is InChI=1S/C11H15Cl2O2PS3.C5H9NO4.C4H4O2/c1-3-14-16(17,15-4-2)19-8-18-11-7-9(12)5-6-10(11)13;6-3(5(9)10)1-2-4(7)8;5-4-2-1-3-6-4/h5-7H,3-4,8H2,1-2H3;3H,1-2,6H2,(H,7,8)(H,9,10);1-3,5H. The van der Waals surface area contributed by atoms with Crippen LogP contribution in [0.15, 0.2) is 45.9 Å². The first kappa shape index (κ1) is 34.0. The molecule has 15 heteroatoms. The average Bonchev–Trinajstić information content (AvgIpc) is 3.26. The van der Waals surface area contributed by atoms with E-state index in [1.807, 2.05) is 19.9 Å². The number of furan rings is 1. The lowest BCUT2D eigenvalue weighted by Gasteiger charge is -2.19. The van der Waals surface area contributed by atoms with Gasteiger partial charge in [-0.1, -0.05) is 34.6 Å². The van der Waals surface area contributed by atoms with Crippen LogP contribution in [0.3, 0.4) is 0 Å². The highest BCUT2D eigenvalue weighted by Gasteiger charge is 2.19. The van der Waals surface area contributed by atoms with Crippen LogP contribution >= 0.6 is 52.0 Å². The maximum Gasteiger partial charge on any atom is 0.320 e.